The van der Waals surface area contributed by atoms with Crippen molar-refractivity contribution in [3.05, 3.63) is 0 Å². The average molecular weight is 349 g/mol. The van der Waals surface area contributed by atoms with Gasteiger partial charge in [0.1, 0.15) is 13.2 Å². The summed E-state index contributed by atoms with van der Waals surface area (Å²) in [6.45, 7) is 22.5. The van der Waals surface area contributed by atoms with E-state index < -0.39 is 16.6 Å². The van der Waals surface area contributed by atoms with E-state index in [1.165, 1.54) is 0 Å². The maximum absolute atomic E-state index is 11.8. The Balaban J connectivity index is 4.08. The summed E-state index contributed by atoms with van der Waals surface area (Å²) in [6, 6.07) is 0. The second-order valence-corrected chi connectivity index (χ2v) is 18.5. The normalized spacial score (nSPS) is 14.1. The first kappa shape index (κ1) is 21.8. The van der Waals surface area contributed by atoms with E-state index in [0.29, 0.717) is 13.2 Å². The average Bonchev–Trinajstić information content (AvgIpc) is 2.29. The zero-order chi connectivity index (χ0) is 17.8. The van der Waals surface area contributed by atoms with Crippen molar-refractivity contribution >= 4 is 22.6 Å². The van der Waals surface area contributed by atoms with E-state index in [-0.39, 0.29) is 22.7 Å². The van der Waals surface area contributed by atoms with E-state index in [1.807, 2.05) is 0 Å². The number of esters is 1. The van der Waals surface area contributed by atoms with Crippen LogP contribution < -0.4 is 0 Å². The van der Waals surface area contributed by atoms with Crippen molar-refractivity contribution in [1.82, 2.24) is 0 Å². The molecule has 0 N–H and O–H groups in total. The molecule has 132 valence electrons. The Kier molecular flexibility index (Phi) is 7.53. The SMILES string of the molecule is CC(C)(C)[Si](C)(C)OCCOC(=O)CO[Si](C)(C)C(C)(C)C. The number of rotatable bonds is 7. The fraction of sp³-hybridized carbons (Fsp3) is 0.938. The minimum Gasteiger partial charge on any atom is -0.462 e. The van der Waals surface area contributed by atoms with Crippen molar-refractivity contribution in [1.29, 1.82) is 0 Å². The molecule has 0 aromatic rings. The lowest BCUT2D eigenvalue weighted by Crippen LogP contribution is -2.43. The minimum atomic E-state index is -1.90. The summed E-state index contributed by atoms with van der Waals surface area (Å²) in [6.07, 6.45) is 0. The zero-order valence-corrected chi connectivity index (χ0v) is 18.3. The largest absolute Gasteiger partial charge is 0.462 e. The van der Waals surface area contributed by atoms with Crippen molar-refractivity contribution in [3.63, 3.8) is 0 Å². The van der Waals surface area contributed by atoms with E-state index >= 15 is 0 Å². The third-order valence-corrected chi connectivity index (χ3v) is 14.0. The molecule has 0 rings (SSSR count). The zero-order valence-electron chi connectivity index (χ0n) is 16.3. The van der Waals surface area contributed by atoms with Crippen molar-refractivity contribution in [2.45, 2.75) is 77.8 Å². The van der Waals surface area contributed by atoms with Crippen LogP contribution in [0.1, 0.15) is 41.5 Å². The van der Waals surface area contributed by atoms with Crippen LogP contribution in [0, 0.1) is 0 Å². The molecule has 0 heterocycles. The van der Waals surface area contributed by atoms with Crippen molar-refractivity contribution in [2.24, 2.45) is 0 Å². The number of hydrogen-bond donors (Lipinski definition) is 0. The predicted octanol–water partition coefficient (Wildman–Crippen LogP) is 4.57. The third kappa shape index (κ3) is 6.94. The van der Waals surface area contributed by atoms with Gasteiger partial charge in [-0.25, -0.2) is 4.79 Å². The molecule has 0 aliphatic heterocycles. The van der Waals surface area contributed by atoms with Gasteiger partial charge in [0, 0.05) is 0 Å². The van der Waals surface area contributed by atoms with Crippen LogP contribution in [0.15, 0.2) is 0 Å². The van der Waals surface area contributed by atoms with Gasteiger partial charge >= 0.3 is 5.97 Å². The maximum atomic E-state index is 11.8. The molecule has 0 saturated heterocycles. The van der Waals surface area contributed by atoms with Gasteiger partial charge in [0.25, 0.3) is 0 Å². The molecule has 22 heavy (non-hydrogen) atoms. The smallest absolute Gasteiger partial charge is 0.330 e. The highest BCUT2D eigenvalue weighted by molar-refractivity contribution is 6.74. The fourth-order valence-corrected chi connectivity index (χ4v) is 3.10. The highest BCUT2D eigenvalue weighted by Gasteiger charge is 2.38. The first-order valence-electron chi connectivity index (χ1n) is 8.04. The van der Waals surface area contributed by atoms with Gasteiger partial charge < -0.3 is 13.6 Å². The quantitative estimate of drug-likeness (QED) is 0.384. The lowest BCUT2D eigenvalue weighted by Gasteiger charge is -2.36. The Morgan fingerprint density at radius 3 is 1.59 bits per heavy atom. The lowest BCUT2D eigenvalue weighted by atomic mass is 10.2. The minimum absolute atomic E-state index is 0.0383. The Hall–Kier alpha value is -0.176. The van der Waals surface area contributed by atoms with Crippen molar-refractivity contribution in [2.75, 3.05) is 19.8 Å². The van der Waals surface area contributed by atoms with Gasteiger partial charge in [0.2, 0.25) is 0 Å². The second-order valence-electron chi connectivity index (χ2n) is 8.88. The monoisotopic (exact) mass is 348 g/mol. The molecular weight excluding hydrogens is 312 g/mol. The molecule has 0 atom stereocenters. The topological polar surface area (TPSA) is 44.8 Å². The van der Waals surface area contributed by atoms with Crippen LogP contribution in [0.4, 0.5) is 0 Å². The maximum Gasteiger partial charge on any atom is 0.330 e. The Labute approximate surface area is 139 Å². The molecule has 0 aromatic heterocycles. The summed E-state index contributed by atoms with van der Waals surface area (Å²) in [4.78, 5) is 11.8. The summed E-state index contributed by atoms with van der Waals surface area (Å²) >= 11 is 0. The van der Waals surface area contributed by atoms with Gasteiger partial charge in [-0.2, -0.15) is 0 Å². The number of ether oxygens (including phenoxy) is 1. The number of carbonyl (C=O) groups excluding carboxylic acids is 1. The van der Waals surface area contributed by atoms with E-state index in [1.54, 1.807) is 0 Å². The van der Waals surface area contributed by atoms with Crippen LogP contribution in [0.2, 0.25) is 36.3 Å². The van der Waals surface area contributed by atoms with Crippen LogP contribution in [-0.2, 0) is 18.4 Å². The van der Waals surface area contributed by atoms with Crippen LogP contribution >= 0.6 is 0 Å². The first-order chi connectivity index (χ1) is 9.60. The molecular formula is C16H36O4Si2. The Morgan fingerprint density at radius 2 is 1.18 bits per heavy atom. The van der Waals surface area contributed by atoms with E-state index in [4.69, 9.17) is 13.6 Å². The van der Waals surface area contributed by atoms with Crippen LogP contribution in [0.25, 0.3) is 0 Å². The molecule has 0 bridgehead atoms. The van der Waals surface area contributed by atoms with Crippen molar-refractivity contribution in [3.8, 4) is 0 Å². The molecule has 0 unspecified atom stereocenters. The highest BCUT2D eigenvalue weighted by atomic mass is 28.4. The van der Waals surface area contributed by atoms with E-state index in [2.05, 4.69) is 67.7 Å². The third-order valence-electron chi connectivity index (χ3n) is 4.97. The summed E-state index contributed by atoms with van der Waals surface area (Å²) in [5.74, 6) is -0.302. The van der Waals surface area contributed by atoms with Crippen molar-refractivity contribution < 1.29 is 18.4 Å². The highest BCUT2D eigenvalue weighted by Crippen LogP contribution is 2.37. The standard InChI is InChI=1S/C16H36O4Si2/c1-15(2,3)21(7,8)19-12-11-18-14(17)13-20-22(9,10)16(4,5)6/h11-13H2,1-10H3. The van der Waals surface area contributed by atoms with Crippen LogP contribution in [-0.4, -0.2) is 42.4 Å². The lowest BCUT2D eigenvalue weighted by molar-refractivity contribution is -0.147. The van der Waals surface area contributed by atoms with E-state index in [9.17, 15) is 4.79 Å². The van der Waals surface area contributed by atoms with Gasteiger partial charge in [-0.3, -0.25) is 0 Å². The van der Waals surface area contributed by atoms with Gasteiger partial charge in [0.15, 0.2) is 16.6 Å². The predicted molar refractivity (Wildman–Crippen MR) is 97.3 cm³/mol. The van der Waals surface area contributed by atoms with Crippen LogP contribution in [0.5, 0.6) is 0 Å². The second kappa shape index (κ2) is 7.60. The molecule has 4 nitrogen and oxygen atoms in total. The van der Waals surface area contributed by atoms with Gasteiger partial charge in [0.05, 0.1) is 6.61 Å². The number of carbonyl (C=O) groups is 1. The Bertz CT molecular complexity index is 365. The summed E-state index contributed by atoms with van der Waals surface area (Å²) < 4.78 is 17.0. The van der Waals surface area contributed by atoms with Gasteiger partial charge in [-0.1, -0.05) is 41.5 Å². The molecule has 0 spiro atoms. The summed E-state index contributed by atoms with van der Waals surface area (Å²) in [7, 11) is -3.66. The molecule has 0 saturated carbocycles. The Morgan fingerprint density at radius 1 is 0.773 bits per heavy atom. The molecule has 0 aliphatic carbocycles. The molecule has 0 radical (unpaired) electrons. The van der Waals surface area contributed by atoms with E-state index in [0.717, 1.165) is 0 Å². The molecule has 0 amide bonds. The first-order valence-corrected chi connectivity index (χ1v) is 13.9. The fourth-order valence-electron chi connectivity index (χ4n) is 1.17. The molecule has 0 aliphatic rings. The summed E-state index contributed by atoms with van der Waals surface area (Å²) in [5, 5.41) is 0.265. The van der Waals surface area contributed by atoms with Gasteiger partial charge in [-0.15, -0.1) is 0 Å². The molecule has 0 fully saturated rings. The molecule has 0 aromatic carbocycles. The number of hydrogen-bond acceptors (Lipinski definition) is 4. The summed E-state index contributed by atoms with van der Waals surface area (Å²) in [5.41, 5.74) is 0. The molecule has 6 heteroatoms. The van der Waals surface area contributed by atoms with Crippen LogP contribution in [0.3, 0.4) is 0 Å². The van der Waals surface area contributed by atoms with Gasteiger partial charge in [-0.05, 0) is 36.3 Å².